The highest BCUT2D eigenvalue weighted by Crippen LogP contribution is 2.17. The molecule has 5 heteroatoms. The van der Waals surface area contributed by atoms with E-state index in [4.69, 9.17) is 5.11 Å². The molecular weight excluding hydrogens is 196 g/mol. The van der Waals surface area contributed by atoms with Crippen LogP contribution in [0.2, 0.25) is 0 Å². The van der Waals surface area contributed by atoms with Crippen molar-refractivity contribution >= 4 is 11.9 Å². The molecule has 2 aliphatic rings. The zero-order chi connectivity index (χ0) is 10.8. The van der Waals surface area contributed by atoms with E-state index in [-0.39, 0.29) is 11.9 Å². The molecule has 84 valence electrons. The van der Waals surface area contributed by atoms with Crippen LogP contribution in [0.1, 0.15) is 25.7 Å². The summed E-state index contributed by atoms with van der Waals surface area (Å²) in [5.41, 5.74) is 0. The molecule has 0 bridgehead atoms. The van der Waals surface area contributed by atoms with Crippen LogP contribution in [0.15, 0.2) is 0 Å². The largest absolute Gasteiger partial charge is 0.480 e. The normalized spacial score (nSPS) is 30.8. The van der Waals surface area contributed by atoms with E-state index in [1.54, 1.807) is 0 Å². The zero-order valence-electron chi connectivity index (χ0n) is 8.61. The average molecular weight is 212 g/mol. The number of rotatable bonds is 2. The van der Waals surface area contributed by atoms with Crippen molar-refractivity contribution in [2.45, 2.75) is 37.8 Å². The van der Waals surface area contributed by atoms with E-state index in [9.17, 15) is 9.59 Å². The fraction of sp³-hybridized carbons (Fsp3) is 0.800. The van der Waals surface area contributed by atoms with Gasteiger partial charge in [-0.25, -0.2) is 0 Å². The van der Waals surface area contributed by atoms with Crippen molar-refractivity contribution in [3.05, 3.63) is 0 Å². The Labute approximate surface area is 88.4 Å². The van der Waals surface area contributed by atoms with Crippen molar-refractivity contribution in [2.75, 3.05) is 13.1 Å². The highest BCUT2D eigenvalue weighted by Gasteiger charge is 2.35. The van der Waals surface area contributed by atoms with Gasteiger partial charge in [-0.1, -0.05) is 0 Å². The molecule has 2 fully saturated rings. The molecule has 0 radical (unpaired) electrons. The van der Waals surface area contributed by atoms with Crippen molar-refractivity contribution in [1.82, 2.24) is 10.2 Å². The van der Waals surface area contributed by atoms with E-state index in [1.165, 1.54) is 0 Å². The molecule has 2 aliphatic heterocycles. The molecule has 2 saturated heterocycles. The van der Waals surface area contributed by atoms with E-state index in [0.717, 1.165) is 25.9 Å². The van der Waals surface area contributed by atoms with Crippen LogP contribution in [0.4, 0.5) is 0 Å². The van der Waals surface area contributed by atoms with Gasteiger partial charge >= 0.3 is 5.97 Å². The first-order valence-corrected chi connectivity index (χ1v) is 5.46. The minimum Gasteiger partial charge on any atom is -0.480 e. The maximum Gasteiger partial charge on any atom is 0.320 e. The Morgan fingerprint density at radius 1 is 1.13 bits per heavy atom. The quantitative estimate of drug-likeness (QED) is 0.666. The molecule has 0 spiro atoms. The summed E-state index contributed by atoms with van der Waals surface area (Å²) >= 11 is 0. The SMILES string of the molecule is O=C(O)[C@@H]1CC[C@H](C(=O)N2CCCC2)N1. The fourth-order valence-corrected chi connectivity index (χ4v) is 2.29. The number of hydrogen-bond donors (Lipinski definition) is 2. The van der Waals surface area contributed by atoms with Crippen LogP contribution in [0.5, 0.6) is 0 Å². The molecule has 2 heterocycles. The Balaban J connectivity index is 1.89. The van der Waals surface area contributed by atoms with Gasteiger partial charge in [-0.05, 0) is 25.7 Å². The molecule has 5 nitrogen and oxygen atoms in total. The van der Waals surface area contributed by atoms with E-state index >= 15 is 0 Å². The molecule has 0 saturated carbocycles. The molecule has 0 aromatic carbocycles. The summed E-state index contributed by atoms with van der Waals surface area (Å²) in [6.07, 6.45) is 3.34. The lowest BCUT2D eigenvalue weighted by atomic mass is 10.2. The predicted molar refractivity (Wildman–Crippen MR) is 53.4 cm³/mol. The number of carboxylic acids is 1. The molecular formula is C10H16N2O3. The maximum atomic E-state index is 11.9. The minimum absolute atomic E-state index is 0.0799. The summed E-state index contributed by atoms with van der Waals surface area (Å²) in [4.78, 5) is 24.4. The number of aliphatic carboxylic acids is 1. The molecule has 0 aromatic heterocycles. The van der Waals surface area contributed by atoms with Gasteiger partial charge < -0.3 is 10.0 Å². The number of nitrogens with one attached hydrogen (secondary N) is 1. The van der Waals surface area contributed by atoms with E-state index in [0.29, 0.717) is 12.8 Å². The first-order chi connectivity index (χ1) is 7.18. The van der Waals surface area contributed by atoms with E-state index < -0.39 is 12.0 Å². The molecule has 0 unspecified atom stereocenters. The maximum absolute atomic E-state index is 11.9. The average Bonchev–Trinajstić information content (AvgIpc) is 2.88. The third-order valence-corrected chi connectivity index (χ3v) is 3.16. The number of hydrogen-bond acceptors (Lipinski definition) is 3. The van der Waals surface area contributed by atoms with Gasteiger partial charge in [0.05, 0.1) is 6.04 Å². The van der Waals surface area contributed by atoms with Gasteiger partial charge in [0, 0.05) is 13.1 Å². The lowest BCUT2D eigenvalue weighted by Crippen LogP contribution is -2.45. The van der Waals surface area contributed by atoms with Crippen LogP contribution >= 0.6 is 0 Å². The fourth-order valence-electron chi connectivity index (χ4n) is 2.29. The molecule has 1 amide bonds. The van der Waals surface area contributed by atoms with Crippen LogP contribution in [-0.2, 0) is 9.59 Å². The van der Waals surface area contributed by atoms with Crippen LogP contribution in [-0.4, -0.2) is 47.1 Å². The molecule has 0 aliphatic carbocycles. The zero-order valence-corrected chi connectivity index (χ0v) is 8.61. The standard InChI is InChI=1S/C10H16N2O3/c13-9(12-5-1-2-6-12)7-3-4-8(11-7)10(14)15/h7-8,11H,1-6H2,(H,14,15)/t7-,8+/m1/s1. The Morgan fingerprint density at radius 3 is 2.27 bits per heavy atom. The molecule has 2 rings (SSSR count). The first-order valence-electron chi connectivity index (χ1n) is 5.46. The highest BCUT2D eigenvalue weighted by atomic mass is 16.4. The van der Waals surface area contributed by atoms with Gasteiger partial charge in [-0.2, -0.15) is 0 Å². The van der Waals surface area contributed by atoms with Crippen molar-refractivity contribution in [3.8, 4) is 0 Å². The van der Waals surface area contributed by atoms with Gasteiger partial charge in [0.1, 0.15) is 6.04 Å². The summed E-state index contributed by atoms with van der Waals surface area (Å²) < 4.78 is 0. The monoisotopic (exact) mass is 212 g/mol. The number of carbonyl (C=O) groups excluding carboxylic acids is 1. The van der Waals surface area contributed by atoms with E-state index in [1.807, 2.05) is 4.90 Å². The molecule has 2 atom stereocenters. The lowest BCUT2D eigenvalue weighted by molar-refractivity contribution is -0.139. The first kappa shape index (κ1) is 10.4. The third kappa shape index (κ3) is 2.12. The van der Waals surface area contributed by atoms with Crippen LogP contribution in [0.25, 0.3) is 0 Å². The van der Waals surface area contributed by atoms with Gasteiger partial charge in [0.25, 0.3) is 0 Å². The Hall–Kier alpha value is -1.10. The summed E-state index contributed by atoms with van der Waals surface area (Å²) in [6, 6.07) is -0.814. The lowest BCUT2D eigenvalue weighted by Gasteiger charge is -2.20. The second-order valence-corrected chi connectivity index (χ2v) is 4.22. The van der Waals surface area contributed by atoms with E-state index in [2.05, 4.69) is 5.32 Å². The molecule has 0 aromatic rings. The van der Waals surface area contributed by atoms with Gasteiger partial charge in [0.2, 0.25) is 5.91 Å². The number of amides is 1. The second kappa shape index (κ2) is 4.18. The molecule has 2 N–H and O–H groups in total. The number of nitrogens with zero attached hydrogens (tertiary/aromatic N) is 1. The minimum atomic E-state index is -0.855. The summed E-state index contributed by atoms with van der Waals surface area (Å²) in [7, 11) is 0. The Kier molecular flexibility index (Phi) is 2.90. The van der Waals surface area contributed by atoms with Crippen LogP contribution in [0.3, 0.4) is 0 Å². The predicted octanol–water partition coefficient (Wildman–Crippen LogP) is -0.186. The van der Waals surface area contributed by atoms with Crippen LogP contribution in [0, 0.1) is 0 Å². The van der Waals surface area contributed by atoms with Crippen molar-refractivity contribution in [2.24, 2.45) is 0 Å². The Morgan fingerprint density at radius 2 is 1.73 bits per heavy atom. The summed E-state index contributed by atoms with van der Waals surface area (Å²) in [5, 5.41) is 11.7. The topological polar surface area (TPSA) is 69.6 Å². The van der Waals surface area contributed by atoms with Gasteiger partial charge in [-0.3, -0.25) is 14.9 Å². The van der Waals surface area contributed by atoms with Crippen molar-refractivity contribution in [1.29, 1.82) is 0 Å². The number of carboxylic acid groups (broad SMARTS) is 1. The molecule has 15 heavy (non-hydrogen) atoms. The van der Waals surface area contributed by atoms with Crippen molar-refractivity contribution < 1.29 is 14.7 Å². The summed E-state index contributed by atoms with van der Waals surface area (Å²) in [6.45, 7) is 1.66. The van der Waals surface area contributed by atoms with Gasteiger partial charge in [-0.15, -0.1) is 0 Å². The Bertz CT molecular complexity index is 274. The van der Waals surface area contributed by atoms with Crippen molar-refractivity contribution in [3.63, 3.8) is 0 Å². The number of carbonyl (C=O) groups is 2. The highest BCUT2D eigenvalue weighted by molar-refractivity contribution is 5.84. The van der Waals surface area contributed by atoms with Crippen LogP contribution < -0.4 is 5.32 Å². The second-order valence-electron chi connectivity index (χ2n) is 4.22. The third-order valence-electron chi connectivity index (χ3n) is 3.16. The smallest absolute Gasteiger partial charge is 0.320 e. The van der Waals surface area contributed by atoms with Gasteiger partial charge in [0.15, 0.2) is 0 Å². The number of likely N-dealkylation sites (tertiary alicyclic amines) is 1. The summed E-state index contributed by atoms with van der Waals surface area (Å²) in [5.74, 6) is -0.775.